The van der Waals surface area contributed by atoms with Gasteiger partial charge < -0.3 is 0 Å². The molecule has 0 heterocycles. The predicted octanol–water partition coefficient (Wildman–Crippen LogP) is 6.70. The smallest absolute Gasteiger partial charge is 0.198 e. The van der Waals surface area contributed by atoms with E-state index in [2.05, 4.69) is 6.92 Å². The molecule has 4 heteroatoms. The van der Waals surface area contributed by atoms with Crippen molar-refractivity contribution in [2.45, 2.75) is 66.2 Å². The summed E-state index contributed by atoms with van der Waals surface area (Å²) in [5.74, 6) is -6.01. The third-order valence-electron chi connectivity index (χ3n) is 4.88. The number of aryl methyl sites for hydroxylation is 2. The van der Waals surface area contributed by atoms with Gasteiger partial charge in [-0.1, -0.05) is 26.7 Å². The Morgan fingerprint density at radius 2 is 1.04 bits per heavy atom. The lowest BCUT2D eigenvalue weighted by Gasteiger charge is -2.20. The van der Waals surface area contributed by atoms with Crippen LogP contribution in [0.4, 0.5) is 17.6 Å². The first kappa shape index (κ1) is 18.8. The van der Waals surface area contributed by atoms with Gasteiger partial charge in [0.2, 0.25) is 0 Å². The highest BCUT2D eigenvalue weighted by Gasteiger charge is 2.26. The van der Waals surface area contributed by atoms with Gasteiger partial charge in [0.25, 0.3) is 0 Å². The predicted molar refractivity (Wildman–Crippen MR) is 90.5 cm³/mol. The standard InChI is InChI=1S/C20H24F4/c1-5-7-9-13-11(3)12(4)15-16(14(13)10-8-6-2)18(22)20(24)19(23)17(15)21/h5-10H2,1-4H3. The van der Waals surface area contributed by atoms with Gasteiger partial charge in [0, 0.05) is 10.8 Å². The van der Waals surface area contributed by atoms with E-state index in [0.717, 1.165) is 43.2 Å². The van der Waals surface area contributed by atoms with E-state index in [4.69, 9.17) is 0 Å². The number of fused-ring (bicyclic) bond motifs is 1. The SMILES string of the molecule is CCCCc1c(C)c(C)c2c(F)c(F)c(F)c(F)c2c1CCCC. The Morgan fingerprint density at radius 3 is 1.54 bits per heavy atom. The summed E-state index contributed by atoms with van der Waals surface area (Å²) >= 11 is 0. The van der Waals surface area contributed by atoms with E-state index in [1.807, 2.05) is 13.8 Å². The van der Waals surface area contributed by atoms with Crippen molar-refractivity contribution in [3.05, 3.63) is 45.5 Å². The second kappa shape index (κ2) is 7.54. The van der Waals surface area contributed by atoms with Gasteiger partial charge in [-0.05, 0) is 61.8 Å². The zero-order valence-corrected chi connectivity index (χ0v) is 14.8. The summed E-state index contributed by atoms with van der Waals surface area (Å²) < 4.78 is 56.5. The molecule has 0 unspecified atom stereocenters. The lowest BCUT2D eigenvalue weighted by atomic mass is 9.85. The number of rotatable bonds is 6. The maximum absolute atomic E-state index is 14.6. The molecule has 0 atom stereocenters. The fraction of sp³-hybridized carbons (Fsp3) is 0.500. The highest BCUT2D eigenvalue weighted by Crippen LogP contribution is 2.37. The Hall–Kier alpha value is -1.58. The summed E-state index contributed by atoms with van der Waals surface area (Å²) in [7, 11) is 0. The van der Waals surface area contributed by atoms with E-state index >= 15 is 0 Å². The van der Waals surface area contributed by atoms with Crippen LogP contribution in [0.2, 0.25) is 0 Å². The van der Waals surface area contributed by atoms with Gasteiger partial charge in [-0.15, -0.1) is 0 Å². The van der Waals surface area contributed by atoms with Crippen molar-refractivity contribution in [1.29, 1.82) is 0 Å². The molecule has 2 aromatic rings. The van der Waals surface area contributed by atoms with Crippen LogP contribution in [0.25, 0.3) is 10.8 Å². The molecule has 2 aromatic carbocycles. The van der Waals surface area contributed by atoms with E-state index in [-0.39, 0.29) is 10.8 Å². The van der Waals surface area contributed by atoms with Gasteiger partial charge in [-0.2, -0.15) is 0 Å². The Kier molecular flexibility index (Phi) is 5.89. The highest BCUT2D eigenvalue weighted by atomic mass is 19.2. The van der Waals surface area contributed by atoms with Crippen LogP contribution in [0.5, 0.6) is 0 Å². The van der Waals surface area contributed by atoms with Crippen molar-refractivity contribution in [1.82, 2.24) is 0 Å². The van der Waals surface area contributed by atoms with Gasteiger partial charge >= 0.3 is 0 Å². The van der Waals surface area contributed by atoms with E-state index in [1.165, 1.54) is 0 Å². The highest BCUT2D eigenvalue weighted by molar-refractivity contribution is 5.92. The monoisotopic (exact) mass is 340 g/mol. The normalized spacial score (nSPS) is 11.5. The van der Waals surface area contributed by atoms with Crippen molar-refractivity contribution < 1.29 is 17.6 Å². The molecule has 0 fully saturated rings. The quantitative estimate of drug-likeness (QED) is 0.312. The number of hydrogen-bond donors (Lipinski definition) is 0. The molecule has 132 valence electrons. The third-order valence-corrected chi connectivity index (χ3v) is 4.88. The van der Waals surface area contributed by atoms with E-state index in [1.54, 1.807) is 6.92 Å². The van der Waals surface area contributed by atoms with Crippen molar-refractivity contribution in [2.75, 3.05) is 0 Å². The molecule has 0 bridgehead atoms. The number of unbranched alkanes of at least 4 members (excludes halogenated alkanes) is 2. The van der Waals surface area contributed by atoms with Crippen LogP contribution in [-0.4, -0.2) is 0 Å². The first-order chi connectivity index (χ1) is 11.4. The van der Waals surface area contributed by atoms with Crippen LogP contribution < -0.4 is 0 Å². The number of benzene rings is 2. The zero-order chi connectivity index (χ0) is 18.0. The maximum Gasteiger partial charge on any atom is 0.198 e. The van der Waals surface area contributed by atoms with Crippen molar-refractivity contribution in [3.8, 4) is 0 Å². The minimum Gasteiger partial charge on any atom is -0.203 e. The Morgan fingerprint density at radius 1 is 0.583 bits per heavy atom. The molecule has 0 saturated carbocycles. The molecule has 0 aliphatic carbocycles. The minimum atomic E-state index is -1.73. The molecule has 0 aliphatic heterocycles. The second-order valence-corrected chi connectivity index (χ2v) is 6.42. The molecule has 0 aromatic heterocycles. The molecule has 24 heavy (non-hydrogen) atoms. The lowest BCUT2D eigenvalue weighted by Crippen LogP contribution is -2.08. The van der Waals surface area contributed by atoms with Gasteiger partial charge in [-0.3, -0.25) is 0 Å². The molecule has 0 spiro atoms. The first-order valence-electron chi connectivity index (χ1n) is 8.63. The van der Waals surface area contributed by atoms with Gasteiger partial charge in [0.15, 0.2) is 23.3 Å². The fourth-order valence-electron chi connectivity index (χ4n) is 3.38. The Labute approximate surface area is 140 Å². The van der Waals surface area contributed by atoms with Crippen molar-refractivity contribution in [3.63, 3.8) is 0 Å². The van der Waals surface area contributed by atoms with Crippen LogP contribution in [-0.2, 0) is 12.8 Å². The summed E-state index contributed by atoms with van der Waals surface area (Å²) in [5, 5.41) is -0.190. The molecule has 0 radical (unpaired) electrons. The van der Waals surface area contributed by atoms with Crippen LogP contribution in [0.15, 0.2) is 0 Å². The second-order valence-electron chi connectivity index (χ2n) is 6.42. The largest absolute Gasteiger partial charge is 0.203 e. The average molecular weight is 340 g/mol. The average Bonchev–Trinajstić information content (AvgIpc) is 2.57. The molecular weight excluding hydrogens is 316 g/mol. The minimum absolute atomic E-state index is 0.0750. The fourth-order valence-corrected chi connectivity index (χ4v) is 3.38. The molecule has 2 rings (SSSR count). The lowest BCUT2D eigenvalue weighted by molar-refractivity contribution is 0.417. The Balaban J connectivity index is 2.94. The molecule has 0 amide bonds. The van der Waals surface area contributed by atoms with Gasteiger partial charge in [-0.25, -0.2) is 17.6 Å². The molecule has 0 saturated heterocycles. The number of hydrogen-bond acceptors (Lipinski definition) is 0. The van der Waals surface area contributed by atoms with Gasteiger partial charge in [0.05, 0.1) is 0 Å². The Bertz CT molecular complexity index is 763. The third kappa shape index (κ3) is 3.03. The van der Waals surface area contributed by atoms with Gasteiger partial charge in [0.1, 0.15) is 0 Å². The topological polar surface area (TPSA) is 0 Å². The van der Waals surface area contributed by atoms with E-state index < -0.39 is 23.3 Å². The summed E-state index contributed by atoms with van der Waals surface area (Å²) in [6.07, 6.45) is 4.83. The first-order valence-corrected chi connectivity index (χ1v) is 8.63. The van der Waals surface area contributed by atoms with Crippen molar-refractivity contribution >= 4 is 10.8 Å². The van der Waals surface area contributed by atoms with Crippen LogP contribution >= 0.6 is 0 Å². The van der Waals surface area contributed by atoms with Crippen LogP contribution in [0, 0.1) is 37.1 Å². The molecule has 0 N–H and O–H groups in total. The van der Waals surface area contributed by atoms with Crippen LogP contribution in [0.3, 0.4) is 0 Å². The van der Waals surface area contributed by atoms with Crippen molar-refractivity contribution in [2.24, 2.45) is 0 Å². The van der Waals surface area contributed by atoms with Crippen LogP contribution in [0.1, 0.15) is 61.8 Å². The summed E-state index contributed by atoms with van der Waals surface area (Å²) in [6, 6.07) is 0. The molecule has 0 aliphatic rings. The van der Waals surface area contributed by atoms with E-state index in [0.29, 0.717) is 17.5 Å². The molecule has 0 nitrogen and oxygen atoms in total. The van der Waals surface area contributed by atoms with E-state index in [9.17, 15) is 17.6 Å². The summed E-state index contributed by atoms with van der Waals surface area (Å²) in [6.45, 7) is 7.57. The summed E-state index contributed by atoms with van der Waals surface area (Å²) in [4.78, 5) is 0. The number of halogens is 4. The maximum atomic E-state index is 14.6. The molecular formula is C20H24F4. The summed E-state index contributed by atoms with van der Waals surface area (Å²) in [5.41, 5.74) is 2.94. The zero-order valence-electron chi connectivity index (χ0n) is 14.8.